The quantitative estimate of drug-likeness (QED) is 0.438. The number of halogens is 1. The second-order valence-corrected chi connectivity index (χ2v) is 8.69. The molecule has 1 saturated heterocycles. The van der Waals surface area contributed by atoms with Crippen LogP contribution in [0.1, 0.15) is 29.0 Å². The number of thiophene rings is 1. The summed E-state index contributed by atoms with van der Waals surface area (Å²) in [6.07, 6.45) is -0.617. The second-order valence-electron chi connectivity index (χ2n) is 6.94. The predicted octanol–water partition coefficient (Wildman–Crippen LogP) is 3.02. The third-order valence-electron chi connectivity index (χ3n) is 4.65. The third kappa shape index (κ3) is 7.28. The smallest absolute Gasteiger partial charge is 0.191 e. The van der Waals surface area contributed by atoms with E-state index >= 15 is 0 Å². The van der Waals surface area contributed by atoms with Crippen molar-refractivity contribution in [3.05, 3.63) is 56.7 Å². The molecule has 0 amide bonds. The molecule has 1 fully saturated rings. The Balaban J connectivity index is 1.55. The average Bonchev–Trinajstić information content (AvgIpc) is 3.17. The number of nitrogens with one attached hydrogen (secondary N) is 2. The zero-order valence-electron chi connectivity index (χ0n) is 16.7. The molecule has 29 heavy (non-hydrogen) atoms. The SMILES string of the molecule is CCNC(=NCc1cccc(CN2CCOCC2)c1)NCC(O)c1ccc(Cl)s1. The maximum absolute atomic E-state index is 10.3. The van der Waals surface area contributed by atoms with E-state index in [4.69, 9.17) is 16.3 Å². The average molecular weight is 437 g/mol. The fourth-order valence-electron chi connectivity index (χ4n) is 3.16. The molecule has 0 bridgehead atoms. The van der Waals surface area contributed by atoms with Crippen LogP contribution in [0.5, 0.6) is 0 Å². The van der Waals surface area contributed by atoms with Crippen molar-refractivity contribution in [3.63, 3.8) is 0 Å². The number of morpholine rings is 1. The van der Waals surface area contributed by atoms with E-state index < -0.39 is 6.10 Å². The molecular weight excluding hydrogens is 408 g/mol. The summed E-state index contributed by atoms with van der Waals surface area (Å²) < 4.78 is 6.10. The van der Waals surface area contributed by atoms with Crippen LogP contribution < -0.4 is 10.6 Å². The van der Waals surface area contributed by atoms with Gasteiger partial charge in [0.1, 0.15) is 6.10 Å². The Morgan fingerprint density at radius 1 is 1.24 bits per heavy atom. The van der Waals surface area contributed by atoms with Crippen LogP contribution in [0.3, 0.4) is 0 Å². The number of nitrogens with zero attached hydrogens (tertiary/aromatic N) is 2. The van der Waals surface area contributed by atoms with Gasteiger partial charge in [-0.2, -0.15) is 0 Å². The van der Waals surface area contributed by atoms with Crippen LogP contribution in [0.4, 0.5) is 0 Å². The minimum atomic E-state index is -0.617. The Labute approximate surface area is 181 Å². The summed E-state index contributed by atoms with van der Waals surface area (Å²) in [5.74, 6) is 0.688. The van der Waals surface area contributed by atoms with Gasteiger partial charge in [-0.25, -0.2) is 4.99 Å². The first-order valence-electron chi connectivity index (χ1n) is 9.97. The highest BCUT2D eigenvalue weighted by atomic mass is 35.5. The van der Waals surface area contributed by atoms with Crippen molar-refractivity contribution in [1.82, 2.24) is 15.5 Å². The molecule has 0 aliphatic carbocycles. The summed E-state index contributed by atoms with van der Waals surface area (Å²) in [5, 5.41) is 16.8. The number of ether oxygens (including phenoxy) is 1. The lowest BCUT2D eigenvalue weighted by molar-refractivity contribution is 0.0342. The Bertz CT molecular complexity index is 792. The molecule has 2 aromatic rings. The number of hydrogen-bond donors (Lipinski definition) is 3. The molecular formula is C21H29ClN4O2S. The van der Waals surface area contributed by atoms with Crippen LogP contribution in [-0.4, -0.2) is 55.4 Å². The van der Waals surface area contributed by atoms with Gasteiger partial charge in [0.15, 0.2) is 5.96 Å². The van der Waals surface area contributed by atoms with Crippen LogP contribution in [-0.2, 0) is 17.8 Å². The Kier molecular flexibility index (Phi) is 8.76. The van der Waals surface area contributed by atoms with Gasteiger partial charge in [0.25, 0.3) is 0 Å². The van der Waals surface area contributed by atoms with E-state index in [0.717, 1.165) is 44.3 Å². The van der Waals surface area contributed by atoms with Gasteiger partial charge in [0.2, 0.25) is 0 Å². The molecule has 1 aromatic heterocycles. The highest BCUT2D eigenvalue weighted by molar-refractivity contribution is 7.16. The summed E-state index contributed by atoms with van der Waals surface area (Å²) in [7, 11) is 0. The van der Waals surface area contributed by atoms with E-state index in [-0.39, 0.29) is 0 Å². The lowest BCUT2D eigenvalue weighted by Gasteiger charge is -2.26. The molecule has 0 spiro atoms. The number of aliphatic hydroxyl groups is 1. The summed E-state index contributed by atoms with van der Waals surface area (Å²) in [4.78, 5) is 7.92. The van der Waals surface area contributed by atoms with Crippen LogP contribution in [0.25, 0.3) is 0 Å². The van der Waals surface area contributed by atoms with Crippen molar-refractivity contribution in [2.75, 3.05) is 39.4 Å². The molecule has 0 radical (unpaired) electrons. The molecule has 1 aliphatic rings. The van der Waals surface area contributed by atoms with E-state index in [1.807, 2.05) is 13.0 Å². The molecule has 3 rings (SSSR count). The highest BCUT2D eigenvalue weighted by Gasteiger charge is 2.12. The van der Waals surface area contributed by atoms with Gasteiger partial charge in [-0.3, -0.25) is 4.90 Å². The zero-order chi connectivity index (χ0) is 20.5. The highest BCUT2D eigenvalue weighted by Crippen LogP contribution is 2.26. The fraction of sp³-hybridized carbons (Fsp3) is 0.476. The first-order chi connectivity index (χ1) is 14.1. The largest absolute Gasteiger partial charge is 0.386 e. The number of aliphatic hydroxyl groups excluding tert-OH is 1. The van der Waals surface area contributed by atoms with E-state index in [9.17, 15) is 5.11 Å². The maximum Gasteiger partial charge on any atom is 0.191 e. The van der Waals surface area contributed by atoms with Gasteiger partial charge in [0, 0.05) is 37.6 Å². The van der Waals surface area contributed by atoms with Crippen LogP contribution in [0.15, 0.2) is 41.4 Å². The lowest BCUT2D eigenvalue weighted by atomic mass is 10.1. The summed E-state index contributed by atoms with van der Waals surface area (Å²) in [6, 6.07) is 12.2. The van der Waals surface area contributed by atoms with E-state index in [0.29, 0.717) is 23.4 Å². The molecule has 158 valence electrons. The van der Waals surface area contributed by atoms with Crippen molar-refractivity contribution in [2.24, 2.45) is 4.99 Å². The van der Waals surface area contributed by atoms with Gasteiger partial charge in [-0.1, -0.05) is 35.9 Å². The molecule has 3 N–H and O–H groups in total. The molecule has 8 heteroatoms. The van der Waals surface area contributed by atoms with E-state index in [1.165, 1.54) is 22.5 Å². The lowest BCUT2D eigenvalue weighted by Crippen LogP contribution is -2.39. The van der Waals surface area contributed by atoms with Gasteiger partial charge in [-0.15, -0.1) is 11.3 Å². The molecule has 2 heterocycles. The van der Waals surface area contributed by atoms with Gasteiger partial charge < -0.3 is 20.5 Å². The molecule has 1 unspecified atom stereocenters. The minimum Gasteiger partial charge on any atom is -0.386 e. The number of hydrogen-bond acceptors (Lipinski definition) is 5. The Morgan fingerprint density at radius 2 is 2.03 bits per heavy atom. The minimum absolute atomic E-state index is 0.375. The van der Waals surface area contributed by atoms with Crippen molar-refractivity contribution >= 4 is 28.9 Å². The van der Waals surface area contributed by atoms with Crippen molar-refractivity contribution in [3.8, 4) is 0 Å². The van der Waals surface area contributed by atoms with Gasteiger partial charge in [0.05, 0.1) is 24.1 Å². The topological polar surface area (TPSA) is 69.1 Å². The van der Waals surface area contributed by atoms with E-state index in [2.05, 4.69) is 44.8 Å². The summed E-state index contributed by atoms with van der Waals surface area (Å²) in [5.41, 5.74) is 2.46. The number of guanidine groups is 1. The van der Waals surface area contributed by atoms with Crippen LogP contribution in [0, 0.1) is 0 Å². The predicted molar refractivity (Wildman–Crippen MR) is 120 cm³/mol. The fourth-order valence-corrected chi connectivity index (χ4v) is 4.20. The van der Waals surface area contributed by atoms with Gasteiger partial charge >= 0.3 is 0 Å². The van der Waals surface area contributed by atoms with Crippen LogP contribution in [0.2, 0.25) is 4.34 Å². The molecule has 1 aliphatic heterocycles. The monoisotopic (exact) mass is 436 g/mol. The van der Waals surface area contributed by atoms with Crippen molar-refractivity contribution in [2.45, 2.75) is 26.1 Å². The molecule has 0 saturated carbocycles. The van der Waals surface area contributed by atoms with E-state index in [1.54, 1.807) is 6.07 Å². The second kappa shape index (κ2) is 11.5. The zero-order valence-corrected chi connectivity index (χ0v) is 18.3. The number of rotatable bonds is 8. The number of benzene rings is 1. The molecule has 1 aromatic carbocycles. The maximum atomic E-state index is 10.3. The van der Waals surface area contributed by atoms with Gasteiger partial charge in [-0.05, 0) is 30.2 Å². The standard InChI is InChI=1S/C21H29ClN4O2S/c1-2-23-21(25-14-18(27)19-6-7-20(22)29-19)24-13-16-4-3-5-17(12-16)15-26-8-10-28-11-9-26/h3-7,12,18,27H,2,8-11,13-15H2,1H3,(H2,23,24,25). The molecule has 1 atom stereocenters. The normalized spacial score (nSPS) is 16.6. The first-order valence-corrected chi connectivity index (χ1v) is 11.2. The Morgan fingerprint density at radius 3 is 2.76 bits per heavy atom. The summed E-state index contributed by atoms with van der Waals surface area (Å²) >= 11 is 7.34. The van der Waals surface area contributed by atoms with Crippen molar-refractivity contribution in [1.29, 1.82) is 0 Å². The van der Waals surface area contributed by atoms with Crippen LogP contribution >= 0.6 is 22.9 Å². The third-order valence-corrected chi connectivity index (χ3v) is 5.98. The molecule has 6 nitrogen and oxygen atoms in total. The van der Waals surface area contributed by atoms with Crippen molar-refractivity contribution < 1.29 is 9.84 Å². The Hall–Kier alpha value is -1.64. The first kappa shape index (κ1) is 22.1. The number of aliphatic imine (C=N–C) groups is 1. The summed E-state index contributed by atoms with van der Waals surface area (Å²) in [6.45, 7) is 8.25.